The first-order valence-electron chi connectivity index (χ1n) is 10.6. The summed E-state index contributed by atoms with van der Waals surface area (Å²) in [4.78, 5) is 7.01. The molecule has 3 heterocycles. The predicted molar refractivity (Wildman–Crippen MR) is 118 cm³/mol. The second kappa shape index (κ2) is 9.08. The van der Waals surface area contributed by atoms with Crippen LogP contribution < -0.4 is 5.43 Å². The van der Waals surface area contributed by atoms with Gasteiger partial charge in [0.1, 0.15) is 18.1 Å². The fourth-order valence-electron chi connectivity index (χ4n) is 3.66. The minimum absolute atomic E-state index is 0.0305. The van der Waals surface area contributed by atoms with E-state index in [1.807, 2.05) is 0 Å². The first-order valence-corrected chi connectivity index (χ1v) is 10.6. The lowest BCUT2D eigenvalue weighted by Crippen LogP contribution is -2.28. The van der Waals surface area contributed by atoms with Gasteiger partial charge in [0.05, 0.1) is 34.3 Å². The highest BCUT2D eigenvalue weighted by atomic mass is 19.4. The van der Waals surface area contributed by atoms with Gasteiger partial charge in [-0.3, -0.25) is 5.43 Å². The molecule has 2 N–H and O–H groups in total. The van der Waals surface area contributed by atoms with Gasteiger partial charge < -0.3 is 4.98 Å². The van der Waals surface area contributed by atoms with Crippen LogP contribution in [0.4, 0.5) is 40.9 Å². The van der Waals surface area contributed by atoms with E-state index in [1.165, 1.54) is 35.6 Å². The van der Waals surface area contributed by atoms with Gasteiger partial charge in [0.25, 0.3) is 0 Å². The van der Waals surface area contributed by atoms with Crippen LogP contribution in [0.2, 0.25) is 0 Å². The molecular weight excluding hydrogens is 526 g/mol. The van der Waals surface area contributed by atoms with E-state index in [0.29, 0.717) is 17.8 Å². The average molecular weight is 539 g/mol. The van der Waals surface area contributed by atoms with E-state index in [1.54, 1.807) is 0 Å². The van der Waals surface area contributed by atoms with Gasteiger partial charge >= 0.3 is 12.4 Å². The fraction of sp³-hybridized carbons (Fsp3) is 0.130. The highest BCUT2D eigenvalue weighted by Gasteiger charge is 2.38. The summed E-state index contributed by atoms with van der Waals surface area (Å²) in [6, 6.07) is 7.44. The highest BCUT2D eigenvalue weighted by molar-refractivity contribution is 5.86. The molecule has 4 aromatic rings. The molecule has 0 saturated carbocycles. The fourth-order valence-corrected chi connectivity index (χ4v) is 3.66. The van der Waals surface area contributed by atoms with Gasteiger partial charge in [-0.25, -0.2) is 18.9 Å². The molecule has 0 saturated heterocycles. The number of halogens is 8. The number of imidazole rings is 1. The third-order valence-electron chi connectivity index (χ3n) is 5.46. The molecule has 0 unspecified atom stereocenters. The molecule has 1 aliphatic heterocycles. The third kappa shape index (κ3) is 4.86. The van der Waals surface area contributed by atoms with Crippen molar-refractivity contribution in [1.29, 1.82) is 0 Å². The summed E-state index contributed by atoms with van der Waals surface area (Å²) >= 11 is 0. The maximum Gasteiger partial charge on any atom is 0.417 e. The Labute approximate surface area is 207 Å². The van der Waals surface area contributed by atoms with Crippen molar-refractivity contribution in [2.75, 3.05) is 5.43 Å². The number of hydrazone groups is 1. The lowest BCUT2D eigenvalue weighted by Gasteiger charge is -2.22. The molecule has 2 aromatic heterocycles. The van der Waals surface area contributed by atoms with Crippen LogP contribution in [0.25, 0.3) is 22.6 Å². The third-order valence-corrected chi connectivity index (χ3v) is 5.46. The van der Waals surface area contributed by atoms with Crippen molar-refractivity contribution in [2.45, 2.75) is 18.9 Å². The molecule has 15 heteroatoms. The molecule has 0 spiro atoms. The van der Waals surface area contributed by atoms with E-state index < -0.39 is 40.7 Å². The van der Waals surface area contributed by atoms with Gasteiger partial charge in [0.2, 0.25) is 0 Å². The largest absolute Gasteiger partial charge is 0.417 e. The second-order valence-corrected chi connectivity index (χ2v) is 8.03. The van der Waals surface area contributed by atoms with E-state index >= 15 is 0 Å². The number of hydrogen-bond donors (Lipinski definition) is 2. The summed E-state index contributed by atoms with van der Waals surface area (Å²) in [6.07, 6.45) is -8.65. The first-order chi connectivity index (χ1) is 17.9. The number of aromatic nitrogens is 4. The quantitative estimate of drug-likeness (QED) is 0.310. The number of anilines is 1. The van der Waals surface area contributed by atoms with Crippen LogP contribution in [0.3, 0.4) is 0 Å². The molecule has 0 fully saturated rings. The van der Waals surface area contributed by atoms with Gasteiger partial charge in [0, 0.05) is 5.56 Å². The number of nitrogens with zero attached hydrogens (tertiary/aromatic N) is 5. The Morgan fingerprint density at radius 2 is 1.63 bits per heavy atom. The van der Waals surface area contributed by atoms with E-state index in [2.05, 4.69) is 30.7 Å². The van der Waals surface area contributed by atoms with Gasteiger partial charge in [-0.05, 0) is 36.4 Å². The van der Waals surface area contributed by atoms with Crippen molar-refractivity contribution < 1.29 is 35.1 Å². The summed E-state index contributed by atoms with van der Waals surface area (Å²) in [7, 11) is 0. The summed E-state index contributed by atoms with van der Waals surface area (Å²) in [5.74, 6) is -1.83. The maximum absolute atomic E-state index is 14.1. The molecule has 1 aliphatic rings. The zero-order valence-electron chi connectivity index (χ0n) is 18.7. The Balaban J connectivity index is 1.34. The number of alkyl halides is 6. The van der Waals surface area contributed by atoms with Crippen LogP contribution in [0.1, 0.15) is 22.5 Å². The van der Waals surface area contributed by atoms with E-state index in [9.17, 15) is 35.1 Å². The minimum atomic E-state index is -5.06. The van der Waals surface area contributed by atoms with Crippen LogP contribution in [-0.2, 0) is 18.9 Å². The summed E-state index contributed by atoms with van der Waals surface area (Å²) in [6.45, 7) is -0.0428. The van der Waals surface area contributed by atoms with Gasteiger partial charge in [-0.2, -0.15) is 41.6 Å². The van der Waals surface area contributed by atoms with Crippen LogP contribution in [0, 0.1) is 11.6 Å². The van der Waals surface area contributed by atoms with Crippen molar-refractivity contribution in [1.82, 2.24) is 25.3 Å². The van der Waals surface area contributed by atoms with Gasteiger partial charge in [0.15, 0.2) is 17.5 Å². The molecular formula is C23H13F8N7. The van der Waals surface area contributed by atoms with Crippen LogP contribution >= 0.6 is 0 Å². The standard InChI is InChI=1S/C23H13F8N7/c24-16-3-1-2-14(19(16)25)20-33-18-9-32-38(37-21(18)34-20)10-12-5-7-17(36-35-12)13-6-4-11(22(26,27)28)8-15(13)23(29,30)31/h1-9,37H,10H2,(H,33,34). The van der Waals surface area contributed by atoms with Gasteiger partial charge in [-0.15, -0.1) is 0 Å². The Bertz CT molecular complexity index is 1520. The SMILES string of the molecule is Fc1cccc(-c2nc3c([nH]2)C=NN(Cc2ccc(-c4ccc(C(F)(F)F)cc4C(F)(F)F)nn2)N3)c1F. The predicted octanol–water partition coefficient (Wildman–Crippen LogP) is 6.03. The minimum Gasteiger partial charge on any atom is -0.335 e. The molecule has 0 radical (unpaired) electrons. The van der Waals surface area contributed by atoms with Crippen LogP contribution in [0.5, 0.6) is 0 Å². The molecule has 0 atom stereocenters. The summed E-state index contributed by atoms with van der Waals surface area (Å²) < 4.78 is 107. The monoisotopic (exact) mass is 539 g/mol. The van der Waals surface area contributed by atoms with Crippen LogP contribution in [0.15, 0.2) is 53.6 Å². The van der Waals surface area contributed by atoms with Crippen molar-refractivity contribution >= 4 is 12.0 Å². The molecule has 2 aromatic carbocycles. The smallest absolute Gasteiger partial charge is 0.335 e. The molecule has 38 heavy (non-hydrogen) atoms. The average Bonchev–Trinajstić information content (AvgIpc) is 3.28. The van der Waals surface area contributed by atoms with Gasteiger partial charge in [-0.1, -0.05) is 12.1 Å². The normalized spacial score (nSPS) is 13.4. The molecule has 196 valence electrons. The van der Waals surface area contributed by atoms with Crippen molar-refractivity contribution in [2.24, 2.45) is 5.10 Å². The Hall–Kier alpha value is -4.56. The zero-order chi connectivity index (χ0) is 27.2. The molecule has 7 nitrogen and oxygen atoms in total. The maximum atomic E-state index is 14.1. The van der Waals surface area contributed by atoms with Crippen LogP contribution in [-0.4, -0.2) is 31.5 Å². The Morgan fingerprint density at radius 1 is 0.842 bits per heavy atom. The van der Waals surface area contributed by atoms with E-state index in [-0.39, 0.29) is 41.2 Å². The van der Waals surface area contributed by atoms with E-state index in [0.717, 1.165) is 6.07 Å². The molecule has 0 amide bonds. The Morgan fingerprint density at radius 3 is 2.32 bits per heavy atom. The van der Waals surface area contributed by atoms with Crippen molar-refractivity contribution in [3.63, 3.8) is 0 Å². The number of H-pyrrole nitrogens is 1. The number of nitrogens with one attached hydrogen (secondary N) is 2. The lowest BCUT2D eigenvalue weighted by atomic mass is 10.00. The number of rotatable bonds is 4. The Kier molecular flexibility index (Phi) is 6.00. The van der Waals surface area contributed by atoms with E-state index in [4.69, 9.17) is 0 Å². The second-order valence-electron chi connectivity index (χ2n) is 8.03. The first kappa shape index (κ1) is 25.1. The molecule has 0 aliphatic carbocycles. The topological polar surface area (TPSA) is 82.1 Å². The molecule has 0 bridgehead atoms. The number of hydrogen-bond acceptors (Lipinski definition) is 6. The number of benzene rings is 2. The summed E-state index contributed by atoms with van der Waals surface area (Å²) in [5, 5.41) is 13.0. The number of fused-ring (bicyclic) bond motifs is 1. The van der Waals surface area contributed by atoms with Crippen molar-refractivity contribution in [3.8, 4) is 22.6 Å². The zero-order valence-corrected chi connectivity index (χ0v) is 18.7. The van der Waals surface area contributed by atoms with Crippen molar-refractivity contribution in [3.05, 3.63) is 82.7 Å². The number of hydrazine groups is 1. The lowest BCUT2D eigenvalue weighted by molar-refractivity contribution is -0.142. The molecule has 5 rings (SSSR count). The highest BCUT2D eigenvalue weighted by Crippen LogP contribution is 2.40. The summed E-state index contributed by atoms with van der Waals surface area (Å²) in [5.41, 5.74) is -0.416. The number of aromatic amines is 1.